The topological polar surface area (TPSA) is 36.9 Å². The molecule has 65 heavy (non-hydrogen) atoms. The maximum Gasteiger partial charge on any atom is 0.158 e. The van der Waals surface area contributed by atoms with Gasteiger partial charge in [-0.3, -0.25) is 0 Å². The van der Waals surface area contributed by atoms with Crippen LogP contribution in [0.5, 0.6) is 0 Å². The van der Waals surface area contributed by atoms with E-state index in [1.165, 1.54) is 85.2 Å². The van der Waals surface area contributed by atoms with Gasteiger partial charge in [0.2, 0.25) is 0 Å². The van der Waals surface area contributed by atoms with E-state index in [0.717, 1.165) is 77.4 Å². The summed E-state index contributed by atoms with van der Waals surface area (Å²) < 4.78 is 24.3. The fourth-order valence-electron chi connectivity index (χ4n) is 9.80. The van der Waals surface area contributed by atoms with E-state index in [1.807, 2.05) is 0 Å². The highest BCUT2D eigenvalue weighted by molar-refractivity contribution is 5.46. The fraction of sp³-hybridized carbons (Fsp3) is 0.311. The van der Waals surface area contributed by atoms with Crippen LogP contribution in [0.3, 0.4) is 0 Å². The van der Waals surface area contributed by atoms with Crippen molar-refractivity contribution < 1.29 is 18.9 Å². The maximum absolute atomic E-state index is 6.26. The average molecular weight is 861 g/mol. The lowest BCUT2D eigenvalue weighted by atomic mass is 9.84. The third-order valence-electron chi connectivity index (χ3n) is 13.5. The van der Waals surface area contributed by atoms with Gasteiger partial charge in [0.25, 0.3) is 0 Å². The lowest BCUT2D eigenvalue weighted by molar-refractivity contribution is -0.169. The van der Waals surface area contributed by atoms with Crippen LogP contribution in [-0.4, -0.2) is 25.8 Å². The molecule has 0 radical (unpaired) electrons. The summed E-state index contributed by atoms with van der Waals surface area (Å²) in [5.41, 5.74) is 17.5. The smallest absolute Gasteiger partial charge is 0.158 e. The minimum absolute atomic E-state index is 0.0976. The van der Waals surface area contributed by atoms with Gasteiger partial charge in [-0.05, 0) is 149 Å². The van der Waals surface area contributed by atoms with Crippen LogP contribution < -0.4 is 0 Å². The van der Waals surface area contributed by atoms with E-state index in [-0.39, 0.29) is 18.5 Å². The Morgan fingerprint density at radius 3 is 1.23 bits per heavy atom. The Bertz CT molecular complexity index is 2550. The SMILES string of the molecule is C1=C\C(Cc2ccccc2Cc2ccccc2Cc2ccccc2COC2CCCCO2)=C/C(c2ccccc2Cc2ccccc2Cc2ccccc2COC2CCCCO2)C/C=C/1. The molecule has 2 heterocycles. The van der Waals surface area contributed by atoms with Crippen LogP contribution >= 0.6 is 0 Å². The molecule has 2 aliphatic heterocycles. The zero-order valence-electron chi connectivity index (χ0n) is 37.9. The van der Waals surface area contributed by atoms with Crippen molar-refractivity contribution in [1.29, 1.82) is 0 Å². The first-order chi connectivity index (χ1) is 32.2. The third-order valence-corrected chi connectivity index (χ3v) is 13.5. The Kier molecular flexibility index (Phi) is 15.8. The Morgan fingerprint density at radius 1 is 0.400 bits per heavy atom. The highest BCUT2D eigenvalue weighted by atomic mass is 16.7. The van der Waals surface area contributed by atoms with Gasteiger partial charge in [-0.1, -0.05) is 176 Å². The van der Waals surface area contributed by atoms with Crippen LogP contribution in [0.4, 0.5) is 0 Å². The van der Waals surface area contributed by atoms with E-state index in [2.05, 4.69) is 176 Å². The first-order valence-corrected chi connectivity index (χ1v) is 24.1. The number of benzene rings is 6. The van der Waals surface area contributed by atoms with E-state index < -0.39 is 0 Å². The molecule has 4 nitrogen and oxygen atoms in total. The van der Waals surface area contributed by atoms with Crippen molar-refractivity contribution in [2.24, 2.45) is 0 Å². The molecule has 2 fully saturated rings. The summed E-state index contributed by atoms with van der Waals surface area (Å²) in [6.07, 6.45) is 23.3. The van der Waals surface area contributed by atoms with E-state index in [9.17, 15) is 0 Å². The van der Waals surface area contributed by atoms with Gasteiger partial charge in [0, 0.05) is 19.1 Å². The minimum atomic E-state index is -0.0984. The van der Waals surface area contributed by atoms with Gasteiger partial charge in [-0.2, -0.15) is 0 Å². The number of hydrogen-bond acceptors (Lipinski definition) is 4. The van der Waals surface area contributed by atoms with Crippen LogP contribution in [-0.2, 0) is 64.3 Å². The highest BCUT2D eigenvalue weighted by Crippen LogP contribution is 2.33. The van der Waals surface area contributed by atoms with Gasteiger partial charge in [0.15, 0.2) is 12.6 Å². The molecule has 9 rings (SSSR count). The Hall–Kier alpha value is -5.62. The molecule has 0 N–H and O–H groups in total. The highest BCUT2D eigenvalue weighted by Gasteiger charge is 2.19. The van der Waals surface area contributed by atoms with Gasteiger partial charge in [0.1, 0.15) is 0 Å². The van der Waals surface area contributed by atoms with Crippen LogP contribution in [0, 0.1) is 0 Å². The van der Waals surface area contributed by atoms with Crippen molar-refractivity contribution in [3.05, 3.63) is 248 Å². The number of rotatable bonds is 17. The quantitative estimate of drug-likeness (QED) is 0.0915. The Balaban J connectivity index is 0.914. The Labute approximate surface area is 387 Å². The molecule has 4 heteroatoms. The molecule has 0 aromatic heterocycles. The summed E-state index contributed by atoms with van der Waals surface area (Å²) in [5.74, 6) is 0.260. The van der Waals surface area contributed by atoms with Crippen LogP contribution in [0.25, 0.3) is 0 Å². The molecule has 2 saturated heterocycles. The van der Waals surface area contributed by atoms with Crippen molar-refractivity contribution in [3.8, 4) is 0 Å². The number of hydrogen-bond donors (Lipinski definition) is 0. The molecule has 3 unspecified atom stereocenters. The average Bonchev–Trinajstić information content (AvgIpc) is 3.34. The third kappa shape index (κ3) is 12.4. The zero-order chi connectivity index (χ0) is 43.9. The predicted molar refractivity (Wildman–Crippen MR) is 264 cm³/mol. The molecule has 3 aliphatic rings. The van der Waals surface area contributed by atoms with Gasteiger partial charge in [0.05, 0.1) is 13.2 Å². The first-order valence-electron chi connectivity index (χ1n) is 24.1. The normalized spacial score (nSPS) is 20.6. The number of allylic oxidation sites excluding steroid dienone is 6. The number of ether oxygens (including phenoxy) is 4. The molecule has 0 amide bonds. The lowest BCUT2D eigenvalue weighted by Gasteiger charge is -2.23. The zero-order valence-corrected chi connectivity index (χ0v) is 37.9. The second kappa shape index (κ2) is 23.0. The molecule has 6 aromatic carbocycles. The van der Waals surface area contributed by atoms with Crippen molar-refractivity contribution in [2.45, 2.75) is 109 Å². The summed E-state index contributed by atoms with van der Waals surface area (Å²) >= 11 is 0. The molecule has 0 spiro atoms. The summed E-state index contributed by atoms with van der Waals surface area (Å²) in [4.78, 5) is 0. The van der Waals surface area contributed by atoms with Gasteiger partial charge in [-0.15, -0.1) is 0 Å². The first kappa shape index (κ1) is 44.6. The van der Waals surface area contributed by atoms with Crippen LogP contribution in [0.2, 0.25) is 0 Å². The largest absolute Gasteiger partial charge is 0.353 e. The second-order valence-corrected chi connectivity index (χ2v) is 18.0. The second-order valence-electron chi connectivity index (χ2n) is 18.0. The molecule has 0 bridgehead atoms. The van der Waals surface area contributed by atoms with Crippen molar-refractivity contribution >= 4 is 0 Å². The maximum atomic E-state index is 6.26. The summed E-state index contributed by atoms with van der Waals surface area (Å²) in [5, 5.41) is 0. The Morgan fingerprint density at radius 2 is 0.785 bits per heavy atom. The molecule has 6 aromatic rings. The molecule has 3 atom stereocenters. The van der Waals surface area contributed by atoms with Gasteiger partial charge >= 0.3 is 0 Å². The van der Waals surface area contributed by atoms with E-state index in [0.29, 0.717) is 13.2 Å². The van der Waals surface area contributed by atoms with Gasteiger partial charge < -0.3 is 18.9 Å². The molecule has 0 saturated carbocycles. The van der Waals surface area contributed by atoms with Crippen molar-refractivity contribution in [3.63, 3.8) is 0 Å². The van der Waals surface area contributed by atoms with Gasteiger partial charge in [-0.25, -0.2) is 0 Å². The monoisotopic (exact) mass is 860 g/mol. The van der Waals surface area contributed by atoms with Crippen LogP contribution in [0.15, 0.2) is 182 Å². The summed E-state index contributed by atoms with van der Waals surface area (Å²) in [7, 11) is 0. The molecule has 332 valence electrons. The standard InChI is InChI=1S/C61H64O4/c1-2-20-46(38-47-21-4-5-22-48(47)40-49-23-6-7-24-50(49)41-53-27-10-12-31-57(53)44-64-60-34-16-18-36-62-60)39-55(29-3-1)59-33-15-14-30-56(59)43-52-26-9-8-25-51(52)42-54-28-11-13-32-58(54)45-65-61-35-17-19-37-63-61/h1-15,20-28,30-33,39,55,60-61H,16-19,29,34-38,40-45H2/b3-1+,20-2-,46-39+. The lowest BCUT2D eigenvalue weighted by Crippen LogP contribution is -2.22. The van der Waals surface area contributed by atoms with E-state index >= 15 is 0 Å². The van der Waals surface area contributed by atoms with E-state index in [1.54, 1.807) is 0 Å². The fourth-order valence-corrected chi connectivity index (χ4v) is 9.80. The van der Waals surface area contributed by atoms with Crippen molar-refractivity contribution in [2.75, 3.05) is 13.2 Å². The molecule has 1 aliphatic carbocycles. The minimum Gasteiger partial charge on any atom is -0.353 e. The molecular weight excluding hydrogens is 797 g/mol. The summed E-state index contributed by atoms with van der Waals surface area (Å²) in [6, 6.07) is 53.6. The van der Waals surface area contributed by atoms with Crippen molar-refractivity contribution in [1.82, 2.24) is 0 Å². The van der Waals surface area contributed by atoms with Crippen LogP contribution in [0.1, 0.15) is 118 Å². The van der Waals surface area contributed by atoms with E-state index in [4.69, 9.17) is 18.9 Å². The predicted octanol–water partition coefficient (Wildman–Crippen LogP) is 13.9. The molecular formula is C61H64O4. The summed E-state index contributed by atoms with van der Waals surface area (Å²) in [6.45, 7) is 2.73.